The fraction of sp³-hybridized carbons (Fsp3) is 0.533. The van der Waals surface area contributed by atoms with Gasteiger partial charge in [0.15, 0.2) is 0 Å². The number of halogens is 1. The molecule has 1 amide bonds. The zero-order valence-electron chi connectivity index (χ0n) is 11.9. The number of anilines is 1. The van der Waals surface area contributed by atoms with Crippen LogP contribution in [0, 0.1) is 5.92 Å². The summed E-state index contributed by atoms with van der Waals surface area (Å²) in [5, 5.41) is 3.86. The van der Waals surface area contributed by atoms with E-state index in [4.69, 9.17) is 17.3 Å². The first-order valence-corrected chi connectivity index (χ1v) is 7.54. The van der Waals surface area contributed by atoms with Gasteiger partial charge in [-0.2, -0.15) is 0 Å². The van der Waals surface area contributed by atoms with Crippen LogP contribution in [0.3, 0.4) is 0 Å². The summed E-state index contributed by atoms with van der Waals surface area (Å²) in [5.74, 6) is 0.180. The molecule has 1 aliphatic heterocycles. The quantitative estimate of drug-likeness (QED) is 0.876. The average Bonchev–Trinajstić information content (AvgIpc) is 2.45. The van der Waals surface area contributed by atoms with Gasteiger partial charge < -0.3 is 16.0 Å². The minimum Gasteiger partial charge on any atom is -0.371 e. The van der Waals surface area contributed by atoms with E-state index in [9.17, 15) is 4.79 Å². The number of nitrogens with two attached hydrogens (primary N) is 1. The van der Waals surface area contributed by atoms with Crippen LogP contribution in [0.1, 0.15) is 30.1 Å². The van der Waals surface area contributed by atoms with Crippen molar-refractivity contribution in [1.82, 2.24) is 5.32 Å². The smallest absolute Gasteiger partial charge is 0.250 e. The molecule has 1 heterocycles. The minimum atomic E-state index is -0.485. The summed E-state index contributed by atoms with van der Waals surface area (Å²) in [4.78, 5) is 13.5. The molecule has 0 aromatic heterocycles. The van der Waals surface area contributed by atoms with Crippen molar-refractivity contribution in [2.45, 2.75) is 19.8 Å². The van der Waals surface area contributed by atoms with Crippen LogP contribution in [0.25, 0.3) is 0 Å². The molecule has 110 valence electrons. The molecule has 1 aromatic rings. The van der Waals surface area contributed by atoms with Crippen molar-refractivity contribution in [3.8, 4) is 0 Å². The van der Waals surface area contributed by atoms with Crippen molar-refractivity contribution in [2.75, 3.05) is 31.1 Å². The number of hydrogen-bond acceptors (Lipinski definition) is 3. The Morgan fingerprint density at radius 1 is 1.55 bits per heavy atom. The molecule has 0 radical (unpaired) electrons. The predicted molar refractivity (Wildman–Crippen MR) is 83.5 cm³/mol. The van der Waals surface area contributed by atoms with Gasteiger partial charge in [0.25, 0.3) is 0 Å². The maximum absolute atomic E-state index is 11.2. The van der Waals surface area contributed by atoms with Gasteiger partial charge in [-0.1, -0.05) is 11.6 Å². The summed E-state index contributed by atoms with van der Waals surface area (Å²) >= 11 is 6.13. The molecule has 2 rings (SSSR count). The third-order valence-corrected chi connectivity index (χ3v) is 4.16. The fourth-order valence-electron chi connectivity index (χ4n) is 2.71. The predicted octanol–water partition coefficient (Wildman–Crippen LogP) is 2.26. The van der Waals surface area contributed by atoms with Crippen molar-refractivity contribution in [3.05, 3.63) is 28.8 Å². The van der Waals surface area contributed by atoms with Crippen molar-refractivity contribution >= 4 is 23.2 Å². The van der Waals surface area contributed by atoms with Crippen LogP contribution in [0.4, 0.5) is 5.69 Å². The number of amides is 1. The molecule has 5 heteroatoms. The van der Waals surface area contributed by atoms with E-state index in [1.165, 1.54) is 12.8 Å². The number of carbonyl (C=O) groups is 1. The molecule has 4 nitrogen and oxygen atoms in total. The Labute approximate surface area is 125 Å². The molecule has 1 aliphatic rings. The van der Waals surface area contributed by atoms with E-state index in [1.807, 2.05) is 12.1 Å². The highest BCUT2D eigenvalue weighted by Crippen LogP contribution is 2.25. The zero-order valence-corrected chi connectivity index (χ0v) is 12.6. The van der Waals surface area contributed by atoms with Gasteiger partial charge >= 0.3 is 0 Å². The standard InChI is InChI=1S/C15H22ClN3O/c1-2-19(10-11-4-3-7-18-9-11)12-5-6-13(15(17)20)14(16)8-12/h5-6,8,11,18H,2-4,7,9-10H2,1H3,(H2,17,20). The van der Waals surface area contributed by atoms with E-state index in [0.29, 0.717) is 16.5 Å². The monoisotopic (exact) mass is 295 g/mol. The van der Waals surface area contributed by atoms with Gasteiger partial charge in [0, 0.05) is 18.8 Å². The second-order valence-electron chi connectivity index (χ2n) is 5.28. The van der Waals surface area contributed by atoms with Crippen LogP contribution >= 0.6 is 11.6 Å². The van der Waals surface area contributed by atoms with E-state index >= 15 is 0 Å². The van der Waals surface area contributed by atoms with Crippen LogP contribution in [-0.2, 0) is 0 Å². The largest absolute Gasteiger partial charge is 0.371 e. The number of nitrogens with zero attached hydrogens (tertiary/aromatic N) is 1. The van der Waals surface area contributed by atoms with Gasteiger partial charge in [-0.15, -0.1) is 0 Å². The topological polar surface area (TPSA) is 58.4 Å². The Hall–Kier alpha value is -1.26. The van der Waals surface area contributed by atoms with E-state index in [2.05, 4.69) is 17.1 Å². The van der Waals surface area contributed by atoms with Crippen molar-refractivity contribution in [3.63, 3.8) is 0 Å². The molecular formula is C15H22ClN3O. The first-order chi connectivity index (χ1) is 9.61. The second-order valence-corrected chi connectivity index (χ2v) is 5.69. The summed E-state index contributed by atoms with van der Waals surface area (Å²) in [7, 11) is 0. The van der Waals surface area contributed by atoms with Crippen LogP contribution in [-0.4, -0.2) is 32.1 Å². The number of primary amides is 1. The molecule has 20 heavy (non-hydrogen) atoms. The highest BCUT2D eigenvalue weighted by Gasteiger charge is 2.17. The highest BCUT2D eigenvalue weighted by molar-refractivity contribution is 6.34. The molecule has 0 aliphatic carbocycles. The molecule has 0 bridgehead atoms. The average molecular weight is 296 g/mol. The van der Waals surface area contributed by atoms with Gasteiger partial charge in [0.05, 0.1) is 10.6 Å². The molecule has 1 saturated heterocycles. The van der Waals surface area contributed by atoms with Crippen molar-refractivity contribution < 1.29 is 4.79 Å². The maximum atomic E-state index is 11.2. The summed E-state index contributed by atoms with van der Waals surface area (Å²) in [6, 6.07) is 5.47. The number of benzene rings is 1. The Morgan fingerprint density at radius 2 is 2.35 bits per heavy atom. The van der Waals surface area contributed by atoms with Crippen LogP contribution in [0.5, 0.6) is 0 Å². The number of hydrogen-bond donors (Lipinski definition) is 2. The summed E-state index contributed by atoms with van der Waals surface area (Å²) < 4.78 is 0. The van der Waals surface area contributed by atoms with Crippen LogP contribution in [0.15, 0.2) is 18.2 Å². The fourth-order valence-corrected chi connectivity index (χ4v) is 2.98. The number of rotatable bonds is 5. The Morgan fingerprint density at radius 3 is 2.90 bits per heavy atom. The maximum Gasteiger partial charge on any atom is 0.250 e. The summed E-state index contributed by atoms with van der Waals surface area (Å²) in [5.41, 5.74) is 6.71. The van der Waals surface area contributed by atoms with Crippen molar-refractivity contribution in [2.24, 2.45) is 11.7 Å². The molecule has 1 atom stereocenters. The molecule has 0 spiro atoms. The number of carbonyl (C=O) groups excluding carboxylic acids is 1. The third-order valence-electron chi connectivity index (χ3n) is 3.84. The molecule has 1 fully saturated rings. The van der Waals surface area contributed by atoms with Crippen molar-refractivity contribution in [1.29, 1.82) is 0 Å². The minimum absolute atomic E-state index is 0.380. The number of piperidine rings is 1. The van der Waals surface area contributed by atoms with Gasteiger partial charge in [-0.3, -0.25) is 4.79 Å². The second kappa shape index (κ2) is 6.95. The molecule has 1 aromatic carbocycles. The zero-order chi connectivity index (χ0) is 14.5. The van der Waals surface area contributed by atoms with Gasteiger partial charge in [0.2, 0.25) is 5.91 Å². The van der Waals surface area contributed by atoms with Gasteiger partial charge in [-0.05, 0) is 57.0 Å². The SMILES string of the molecule is CCN(CC1CCCNC1)c1ccc(C(N)=O)c(Cl)c1. The molecule has 3 N–H and O–H groups in total. The number of nitrogens with one attached hydrogen (secondary N) is 1. The molecule has 1 unspecified atom stereocenters. The first-order valence-electron chi connectivity index (χ1n) is 7.16. The van der Waals surface area contributed by atoms with Gasteiger partial charge in [0.1, 0.15) is 0 Å². The normalized spacial score (nSPS) is 18.8. The Balaban J connectivity index is 2.10. The van der Waals surface area contributed by atoms with E-state index in [-0.39, 0.29) is 0 Å². The molecular weight excluding hydrogens is 274 g/mol. The van der Waals surface area contributed by atoms with Crippen LogP contribution < -0.4 is 16.0 Å². The molecule has 0 saturated carbocycles. The Bertz CT molecular complexity index is 472. The summed E-state index contributed by atoms with van der Waals surface area (Å²) in [6.07, 6.45) is 2.50. The van der Waals surface area contributed by atoms with E-state index in [0.717, 1.165) is 31.9 Å². The van der Waals surface area contributed by atoms with E-state index in [1.54, 1.807) is 6.07 Å². The highest BCUT2D eigenvalue weighted by atomic mass is 35.5. The Kier molecular flexibility index (Phi) is 5.26. The summed E-state index contributed by atoms with van der Waals surface area (Å²) in [6.45, 7) is 6.26. The van der Waals surface area contributed by atoms with Crippen LogP contribution in [0.2, 0.25) is 5.02 Å². The third kappa shape index (κ3) is 3.64. The lowest BCUT2D eigenvalue weighted by Gasteiger charge is -2.31. The van der Waals surface area contributed by atoms with Gasteiger partial charge in [-0.25, -0.2) is 0 Å². The van der Waals surface area contributed by atoms with E-state index < -0.39 is 5.91 Å². The first kappa shape index (κ1) is 15.1. The lowest BCUT2D eigenvalue weighted by atomic mass is 9.99. The lowest BCUT2D eigenvalue weighted by Crippen LogP contribution is -2.38. The lowest BCUT2D eigenvalue weighted by molar-refractivity contribution is 0.100.